The molecule has 22 heavy (non-hydrogen) atoms. The van der Waals surface area contributed by atoms with Gasteiger partial charge in [0.15, 0.2) is 5.58 Å². The molecule has 1 aromatic carbocycles. The number of carbonyl (C=O) groups is 1. The summed E-state index contributed by atoms with van der Waals surface area (Å²) in [5.41, 5.74) is 12.7. The number of amides is 1. The van der Waals surface area contributed by atoms with Gasteiger partial charge in [0, 0.05) is 6.20 Å². The lowest BCUT2D eigenvalue weighted by atomic mass is 10.1. The summed E-state index contributed by atoms with van der Waals surface area (Å²) in [7, 11) is 0. The molecule has 2 aromatic heterocycles. The highest BCUT2D eigenvalue weighted by molar-refractivity contribution is 5.77. The Morgan fingerprint density at radius 2 is 2.23 bits per heavy atom. The van der Waals surface area contributed by atoms with Gasteiger partial charge >= 0.3 is 0 Å². The topological polar surface area (TPSA) is 117 Å². The normalized spacial score (nSPS) is 12.2. The first kappa shape index (κ1) is 13.9. The molecule has 1 unspecified atom stereocenters. The van der Waals surface area contributed by atoms with Gasteiger partial charge in [0.2, 0.25) is 5.91 Å². The minimum Gasteiger partial charge on any atom is -0.484 e. The molecule has 0 aliphatic carbocycles. The summed E-state index contributed by atoms with van der Waals surface area (Å²) in [6.45, 7) is 0. The van der Waals surface area contributed by atoms with E-state index in [0.717, 1.165) is 5.56 Å². The van der Waals surface area contributed by atoms with Crippen LogP contribution in [0.4, 0.5) is 6.01 Å². The van der Waals surface area contributed by atoms with Gasteiger partial charge in [-0.05, 0) is 29.8 Å². The summed E-state index contributed by atoms with van der Waals surface area (Å²) < 4.78 is 11.1. The Hall–Kier alpha value is -3.09. The molecular weight excluding hydrogens is 284 g/mol. The Bertz CT molecular complexity index is 801. The van der Waals surface area contributed by atoms with E-state index in [1.165, 1.54) is 0 Å². The average Bonchev–Trinajstić information content (AvgIpc) is 2.86. The number of nitrogen functional groups attached to an aromatic ring is 1. The van der Waals surface area contributed by atoms with Gasteiger partial charge in [-0.3, -0.25) is 9.78 Å². The Kier molecular flexibility index (Phi) is 3.61. The van der Waals surface area contributed by atoms with Crippen LogP contribution in [0, 0.1) is 0 Å². The summed E-state index contributed by atoms with van der Waals surface area (Å²) >= 11 is 0. The number of pyridine rings is 1. The van der Waals surface area contributed by atoms with Gasteiger partial charge < -0.3 is 20.6 Å². The molecule has 0 fully saturated rings. The van der Waals surface area contributed by atoms with Gasteiger partial charge in [-0.1, -0.05) is 6.07 Å². The van der Waals surface area contributed by atoms with Crippen LogP contribution < -0.4 is 16.2 Å². The SMILES string of the molecule is NC(=O)CC(Oc1cccnc1)c1ccc2nc(N)oc2c1. The fourth-order valence-corrected chi connectivity index (χ4v) is 2.15. The maximum atomic E-state index is 11.3. The van der Waals surface area contributed by atoms with E-state index in [-0.39, 0.29) is 12.4 Å². The zero-order valence-electron chi connectivity index (χ0n) is 11.6. The third-order valence-corrected chi connectivity index (χ3v) is 3.10. The molecule has 0 spiro atoms. The lowest BCUT2D eigenvalue weighted by Gasteiger charge is -2.18. The third-order valence-electron chi connectivity index (χ3n) is 3.10. The van der Waals surface area contributed by atoms with Crippen molar-refractivity contribution in [3.8, 4) is 5.75 Å². The van der Waals surface area contributed by atoms with E-state index in [1.807, 2.05) is 0 Å². The molecule has 1 atom stereocenters. The van der Waals surface area contributed by atoms with Crippen LogP contribution in [0.15, 0.2) is 47.1 Å². The maximum Gasteiger partial charge on any atom is 0.292 e. The van der Waals surface area contributed by atoms with Crippen molar-refractivity contribution >= 4 is 23.0 Å². The molecular formula is C15H14N4O3. The fraction of sp³-hybridized carbons (Fsp3) is 0.133. The molecule has 112 valence electrons. The minimum atomic E-state index is -0.544. The third kappa shape index (κ3) is 2.98. The largest absolute Gasteiger partial charge is 0.484 e. The van der Waals surface area contributed by atoms with E-state index in [2.05, 4.69) is 9.97 Å². The van der Waals surface area contributed by atoms with Crippen LogP contribution >= 0.6 is 0 Å². The fourth-order valence-electron chi connectivity index (χ4n) is 2.15. The number of fused-ring (bicyclic) bond motifs is 1. The predicted octanol–water partition coefficient (Wildman–Crippen LogP) is 1.80. The van der Waals surface area contributed by atoms with Crippen LogP contribution in [0.3, 0.4) is 0 Å². The van der Waals surface area contributed by atoms with Crippen LogP contribution in [0.1, 0.15) is 18.1 Å². The van der Waals surface area contributed by atoms with Crippen molar-refractivity contribution in [2.24, 2.45) is 5.73 Å². The molecule has 3 aromatic rings. The number of oxazole rings is 1. The lowest BCUT2D eigenvalue weighted by molar-refractivity contribution is -0.119. The summed E-state index contributed by atoms with van der Waals surface area (Å²) in [4.78, 5) is 19.3. The molecule has 2 heterocycles. The van der Waals surface area contributed by atoms with Gasteiger partial charge in [-0.15, -0.1) is 0 Å². The number of benzene rings is 1. The van der Waals surface area contributed by atoms with Crippen LogP contribution in [0.2, 0.25) is 0 Å². The molecule has 0 saturated heterocycles. The number of nitrogens with zero attached hydrogens (tertiary/aromatic N) is 2. The van der Waals surface area contributed by atoms with E-state index < -0.39 is 12.0 Å². The molecule has 3 rings (SSSR count). The molecule has 0 saturated carbocycles. The number of carbonyl (C=O) groups excluding carboxylic acids is 1. The number of nitrogens with two attached hydrogens (primary N) is 2. The smallest absolute Gasteiger partial charge is 0.292 e. The molecule has 4 N–H and O–H groups in total. The van der Waals surface area contributed by atoms with Crippen molar-refractivity contribution in [1.29, 1.82) is 0 Å². The first-order valence-electron chi connectivity index (χ1n) is 6.63. The summed E-state index contributed by atoms with van der Waals surface area (Å²) in [6.07, 6.45) is 2.69. The number of ether oxygens (including phenoxy) is 1. The second kappa shape index (κ2) is 5.72. The Morgan fingerprint density at radius 1 is 1.36 bits per heavy atom. The van der Waals surface area contributed by atoms with Gasteiger partial charge in [0.05, 0.1) is 12.6 Å². The molecule has 0 aliphatic heterocycles. The second-order valence-corrected chi connectivity index (χ2v) is 4.74. The number of rotatable bonds is 5. The number of hydrogen-bond acceptors (Lipinski definition) is 6. The highest BCUT2D eigenvalue weighted by atomic mass is 16.5. The van der Waals surface area contributed by atoms with Crippen LogP contribution in [-0.4, -0.2) is 15.9 Å². The maximum absolute atomic E-state index is 11.3. The Labute approximate surface area is 125 Å². The van der Waals surface area contributed by atoms with Crippen LogP contribution in [0.25, 0.3) is 11.1 Å². The lowest BCUT2D eigenvalue weighted by Crippen LogP contribution is -2.19. The zero-order valence-corrected chi connectivity index (χ0v) is 11.6. The molecule has 0 radical (unpaired) electrons. The van der Waals surface area contributed by atoms with Crippen LogP contribution in [0.5, 0.6) is 5.75 Å². The van der Waals surface area contributed by atoms with Crippen LogP contribution in [-0.2, 0) is 4.79 Å². The number of aromatic nitrogens is 2. The van der Waals surface area contributed by atoms with Crippen molar-refractivity contribution in [1.82, 2.24) is 9.97 Å². The minimum absolute atomic E-state index is 0.0318. The monoisotopic (exact) mass is 298 g/mol. The van der Waals surface area contributed by atoms with Gasteiger partial charge in [0.25, 0.3) is 6.01 Å². The molecule has 0 bridgehead atoms. The molecule has 0 aliphatic rings. The van der Waals surface area contributed by atoms with E-state index in [1.54, 1.807) is 42.7 Å². The number of hydrogen-bond donors (Lipinski definition) is 2. The second-order valence-electron chi connectivity index (χ2n) is 4.74. The predicted molar refractivity (Wildman–Crippen MR) is 79.8 cm³/mol. The first-order chi connectivity index (χ1) is 10.6. The van der Waals surface area contributed by atoms with Crippen molar-refractivity contribution in [3.63, 3.8) is 0 Å². The van der Waals surface area contributed by atoms with E-state index in [0.29, 0.717) is 16.8 Å². The van der Waals surface area contributed by atoms with Crippen molar-refractivity contribution in [2.45, 2.75) is 12.5 Å². The molecule has 7 nitrogen and oxygen atoms in total. The van der Waals surface area contributed by atoms with Crippen molar-refractivity contribution in [3.05, 3.63) is 48.3 Å². The number of anilines is 1. The van der Waals surface area contributed by atoms with Crippen molar-refractivity contribution < 1.29 is 13.9 Å². The van der Waals surface area contributed by atoms with Gasteiger partial charge in [-0.2, -0.15) is 4.98 Å². The summed E-state index contributed by atoms with van der Waals surface area (Å²) in [6, 6.07) is 8.89. The average molecular weight is 298 g/mol. The highest BCUT2D eigenvalue weighted by Crippen LogP contribution is 2.27. The standard InChI is InChI=1S/C15H14N4O3/c16-14(20)7-12(21-10-2-1-5-18-8-10)9-3-4-11-13(6-9)22-15(17)19-11/h1-6,8,12H,7H2,(H2,16,20)(H2,17,19). The van der Waals surface area contributed by atoms with Gasteiger partial charge in [-0.25, -0.2) is 0 Å². The van der Waals surface area contributed by atoms with Gasteiger partial charge in [0.1, 0.15) is 17.4 Å². The Morgan fingerprint density at radius 3 is 2.95 bits per heavy atom. The quantitative estimate of drug-likeness (QED) is 0.741. The summed E-state index contributed by atoms with van der Waals surface area (Å²) in [5.74, 6) is 0.0806. The molecule has 7 heteroatoms. The van der Waals surface area contributed by atoms with E-state index >= 15 is 0 Å². The summed E-state index contributed by atoms with van der Waals surface area (Å²) in [5, 5.41) is 0. The number of primary amides is 1. The van der Waals surface area contributed by atoms with Crippen molar-refractivity contribution in [2.75, 3.05) is 5.73 Å². The Balaban J connectivity index is 1.94. The van der Waals surface area contributed by atoms with E-state index in [9.17, 15) is 4.79 Å². The zero-order chi connectivity index (χ0) is 15.5. The van der Waals surface area contributed by atoms with E-state index in [4.69, 9.17) is 20.6 Å². The highest BCUT2D eigenvalue weighted by Gasteiger charge is 2.18. The molecule has 1 amide bonds. The first-order valence-corrected chi connectivity index (χ1v) is 6.63.